The Kier molecular flexibility index (Phi) is 9.89. The molecule has 6 N–H and O–H groups in total. The van der Waals surface area contributed by atoms with E-state index < -0.39 is 24.8 Å². The molecule has 2 aromatic rings. The summed E-state index contributed by atoms with van der Waals surface area (Å²) in [6, 6.07) is 10.5. The summed E-state index contributed by atoms with van der Waals surface area (Å²) < 4.78 is 19.3. The molecule has 0 heterocycles. The number of benzene rings is 2. The van der Waals surface area contributed by atoms with Crippen molar-refractivity contribution in [1.29, 1.82) is 0 Å². The Bertz CT molecular complexity index is 1520. The number of aliphatic hydroxyl groups is 4. The Hall–Kier alpha value is -3.37. The third-order valence-corrected chi connectivity index (χ3v) is 11.4. The minimum absolute atomic E-state index is 0.0514. The maximum atomic E-state index is 14.3. The van der Waals surface area contributed by atoms with Crippen LogP contribution in [0.5, 0.6) is 5.75 Å². The first-order valence-corrected chi connectivity index (χ1v) is 16.2. The van der Waals surface area contributed by atoms with Gasteiger partial charge >= 0.3 is 0 Å². The van der Waals surface area contributed by atoms with Crippen molar-refractivity contribution in [2.75, 3.05) is 19.5 Å². The number of allylic oxidation sites excluding steroid dienone is 4. The molecule has 7 unspecified atom stereocenters. The smallest absolute Gasteiger partial charge is 0.185 e. The Morgan fingerprint density at radius 3 is 2.46 bits per heavy atom. The van der Waals surface area contributed by atoms with Crippen molar-refractivity contribution in [1.82, 2.24) is 0 Å². The van der Waals surface area contributed by atoms with Gasteiger partial charge in [0.1, 0.15) is 18.2 Å². The van der Waals surface area contributed by atoms with Crippen LogP contribution in [0.4, 0.5) is 10.1 Å². The number of nitrogens with two attached hydrogens (primary N) is 1. The SMILES string of the molecule is CC12C=CC(=O)C=C1CCC1C2C(O)CC2(C)C(C(=O)CO)CCC12.COc1ccc(CCc2ccc(N)cc2)c(F)c1C(O)O. The number of aliphatic hydroxyl groups excluding tert-OH is 3. The zero-order valence-electron chi connectivity index (χ0n) is 26.8. The third kappa shape index (κ3) is 6.18. The lowest BCUT2D eigenvalue weighted by Gasteiger charge is -2.58. The van der Waals surface area contributed by atoms with Gasteiger partial charge in [0.25, 0.3) is 0 Å². The van der Waals surface area contributed by atoms with E-state index in [1.54, 1.807) is 30.4 Å². The molecule has 9 heteroatoms. The Labute approximate surface area is 269 Å². The first-order valence-electron chi connectivity index (χ1n) is 16.2. The Balaban J connectivity index is 0.000000184. The summed E-state index contributed by atoms with van der Waals surface area (Å²) in [5.41, 5.74) is 8.20. The average Bonchev–Trinajstić information content (AvgIpc) is 3.37. The van der Waals surface area contributed by atoms with E-state index in [0.717, 1.165) is 36.8 Å². The predicted molar refractivity (Wildman–Crippen MR) is 172 cm³/mol. The number of carbonyl (C=O) groups excluding carboxylic acids is 2. The molecule has 6 rings (SSSR count). The first-order chi connectivity index (χ1) is 21.8. The molecule has 8 nitrogen and oxygen atoms in total. The van der Waals surface area contributed by atoms with Gasteiger partial charge < -0.3 is 30.9 Å². The highest BCUT2D eigenvalue weighted by molar-refractivity contribution is 6.01. The van der Waals surface area contributed by atoms with Gasteiger partial charge in [-0.25, -0.2) is 4.39 Å². The van der Waals surface area contributed by atoms with E-state index in [0.29, 0.717) is 42.3 Å². The molecule has 0 saturated heterocycles. The normalized spacial score (nSPS) is 31.3. The fourth-order valence-electron chi connectivity index (χ4n) is 9.16. The number of ketones is 2. The van der Waals surface area contributed by atoms with E-state index in [2.05, 4.69) is 13.8 Å². The maximum absolute atomic E-state index is 14.3. The van der Waals surface area contributed by atoms with Gasteiger partial charge in [-0.3, -0.25) is 9.59 Å². The van der Waals surface area contributed by atoms with Crippen LogP contribution in [0.2, 0.25) is 0 Å². The Morgan fingerprint density at radius 1 is 1.09 bits per heavy atom. The molecule has 0 radical (unpaired) electrons. The van der Waals surface area contributed by atoms with Crippen LogP contribution in [0.25, 0.3) is 0 Å². The quantitative estimate of drug-likeness (QED) is 0.218. The second-order valence-corrected chi connectivity index (χ2v) is 13.8. The van der Waals surface area contributed by atoms with Crippen LogP contribution in [0.15, 0.2) is 60.2 Å². The van der Waals surface area contributed by atoms with Crippen LogP contribution in [0, 0.1) is 40.3 Å². The van der Waals surface area contributed by atoms with E-state index >= 15 is 0 Å². The van der Waals surface area contributed by atoms with E-state index in [1.807, 2.05) is 18.2 Å². The number of fused-ring (bicyclic) bond motifs is 5. The molecule has 0 bridgehead atoms. The average molecular weight is 636 g/mol. The van der Waals surface area contributed by atoms with Gasteiger partial charge in [0.15, 0.2) is 17.9 Å². The van der Waals surface area contributed by atoms with Crippen LogP contribution in [0.3, 0.4) is 0 Å². The number of ether oxygens (including phenoxy) is 1. The highest BCUT2D eigenvalue weighted by atomic mass is 19.1. The maximum Gasteiger partial charge on any atom is 0.185 e. The summed E-state index contributed by atoms with van der Waals surface area (Å²) in [5, 5.41) is 39.1. The molecule has 4 aliphatic rings. The minimum atomic E-state index is -1.91. The molecule has 3 saturated carbocycles. The molecular weight excluding hydrogens is 589 g/mol. The zero-order valence-corrected chi connectivity index (χ0v) is 26.8. The molecule has 7 atom stereocenters. The molecule has 4 aliphatic carbocycles. The van der Waals surface area contributed by atoms with Gasteiger partial charge in [-0.05, 0) is 104 Å². The highest BCUT2D eigenvalue weighted by Crippen LogP contribution is 2.66. The zero-order chi connectivity index (χ0) is 33.4. The minimum Gasteiger partial charge on any atom is -0.496 e. The molecule has 0 aliphatic heterocycles. The highest BCUT2D eigenvalue weighted by Gasteiger charge is 2.62. The van der Waals surface area contributed by atoms with Gasteiger partial charge in [-0.15, -0.1) is 0 Å². The van der Waals surface area contributed by atoms with Crippen LogP contribution >= 0.6 is 0 Å². The second kappa shape index (κ2) is 13.4. The van der Waals surface area contributed by atoms with Crippen molar-refractivity contribution >= 4 is 17.3 Å². The lowest BCUT2D eigenvalue weighted by atomic mass is 9.46. The number of halogens is 1. The van der Waals surface area contributed by atoms with Crippen molar-refractivity contribution in [2.45, 2.75) is 71.2 Å². The number of Topliss-reactive ketones (excluding diaryl/α,β-unsaturated/α-hetero) is 1. The van der Waals surface area contributed by atoms with Crippen molar-refractivity contribution in [3.8, 4) is 5.75 Å². The summed E-state index contributed by atoms with van der Waals surface area (Å²) >= 11 is 0. The predicted octanol–water partition coefficient (Wildman–Crippen LogP) is 4.63. The molecule has 2 aromatic carbocycles. The van der Waals surface area contributed by atoms with Gasteiger partial charge in [0.05, 0.1) is 18.8 Å². The van der Waals surface area contributed by atoms with Crippen molar-refractivity contribution in [3.05, 3.63) is 82.7 Å². The summed E-state index contributed by atoms with van der Waals surface area (Å²) in [7, 11) is 1.36. The molecule has 0 amide bonds. The molecule has 46 heavy (non-hydrogen) atoms. The van der Waals surface area contributed by atoms with Gasteiger partial charge in [-0.2, -0.15) is 0 Å². The number of hydrogen-bond acceptors (Lipinski definition) is 8. The second-order valence-electron chi connectivity index (χ2n) is 13.8. The molecule has 3 fully saturated rings. The number of carbonyl (C=O) groups is 2. The van der Waals surface area contributed by atoms with E-state index in [9.17, 15) is 34.4 Å². The van der Waals surface area contributed by atoms with Gasteiger partial charge in [0.2, 0.25) is 0 Å². The molecule has 0 spiro atoms. The lowest BCUT2D eigenvalue weighted by Crippen LogP contribution is -2.56. The van der Waals surface area contributed by atoms with E-state index in [1.165, 1.54) is 13.2 Å². The summed E-state index contributed by atoms with van der Waals surface area (Å²) in [6.45, 7) is 3.92. The van der Waals surface area contributed by atoms with Crippen LogP contribution in [-0.4, -0.2) is 51.8 Å². The number of nitrogen functional groups attached to an aromatic ring is 1. The van der Waals surface area contributed by atoms with Crippen molar-refractivity contribution < 1.29 is 39.1 Å². The third-order valence-electron chi connectivity index (χ3n) is 11.4. The number of rotatable bonds is 7. The van der Waals surface area contributed by atoms with Crippen molar-refractivity contribution in [3.63, 3.8) is 0 Å². The largest absolute Gasteiger partial charge is 0.496 e. The summed E-state index contributed by atoms with van der Waals surface area (Å²) in [5.74, 6) is 0.218. The molecular formula is C37H46FNO7. The van der Waals surface area contributed by atoms with E-state index in [-0.39, 0.29) is 45.5 Å². The van der Waals surface area contributed by atoms with Crippen LogP contribution < -0.4 is 10.5 Å². The lowest BCUT2D eigenvalue weighted by molar-refractivity contribution is -0.141. The molecule has 0 aromatic heterocycles. The topological polar surface area (TPSA) is 150 Å². The summed E-state index contributed by atoms with van der Waals surface area (Å²) in [6.07, 6.45) is 8.42. The summed E-state index contributed by atoms with van der Waals surface area (Å²) in [4.78, 5) is 24.1. The number of hydrogen-bond donors (Lipinski definition) is 5. The van der Waals surface area contributed by atoms with Gasteiger partial charge in [-0.1, -0.05) is 43.7 Å². The van der Waals surface area contributed by atoms with Crippen molar-refractivity contribution in [2.24, 2.45) is 34.5 Å². The van der Waals surface area contributed by atoms with Crippen LogP contribution in [-0.2, 0) is 22.4 Å². The monoisotopic (exact) mass is 635 g/mol. The van der Waals surface area contributed by atoms with Gasteiger partial charge in [0, 0.05) is 22.9 Å². The number of aryl methyl sites for hydroxylation is 2. The Morgan fingerprint density at radius 2 is 1.80 bits per heavy atom. The number of anilines is 1. The fourth-order valence-corrected chi connectivity index (χ4v) is 9.16. The van der Waals surface area contributed by atoms with Crippen LogP contribution in [0.1, 0.15) is 68.9 Å². The van der Waals surface area contributed by atoms with E-state index in [4.69, 9.17) is 10.5 Å². The fraction of sp³-hybridized carbons (Fsp3) is 0.514. The first kappa shape index (κ1) is 34.0. The standard InChI is InChI=1S/C21H28O4.C16H18FNO3/c1-20-8-7-13(23)9-12(20)3-4-14-15-5-6-16(18(25)11-22)21(15,2)10-17(24)19(14)20;1-21-13-9-6-11(15(17)14(13)16(19)20)5-2-10-3-7-12(18)8-4-10/h7-9,14-17,19,22,24H,3-6,10-11H2,1-2H3;3-4,6-9,16,19-20H,2,5,18H2,1H3. The number of methoxy groups -OCH3 is 1. The molecule has 248 valence electrons.